The summed E-state index contributed by atoms with van der Waals surface area (Å²) in [5, 5.41) is 10.8. The minimum Gasteiger partial charge on any atom is -0.317 e. The van der Waals surface area contributed by atoms with Crippen LogP contribution in [0.3, 0.4) is 0 Å². The molecule has 0 bridgehead atoms. The second-order valence-electron chi connectivity index (χ2n) is 3.33. The van der Waals surface area contributed by atoms with Gasteiger partial charge in [0.2, 0.25) is 0 Å². The summed E-state index contributed by atoms with van der Waals surface area (Å²) in [6.07, 6.45) is 1.97. The van der Waals surface area contributed by atoms with Gasteiger partial charge in [-0.25, -0.2) is 0 Å². The maximum absolute atomic E-state index is 7.62. The Kier molecular flexibility index (Phi) is 2.45. The van der Waals surface area contributed by atoms with Crippen molar-refractivity contribution in [2.75, 3.05) is 7.05 Å². The van der Waals surface area contributed by atoms with E-state index < -0.39 is 0 Å². The first-order chi connectivity index (χ1) is 5.15. The van der Waals surface area contributed by atoms with Crippen molar-refractivity contribution < 1.29 is 0 Å². The SMILES string of the molecule is C=C1C(=N)CC(NC)CC1C. The second kappa shape index (κ2) is 3.18. The lowest BCUT2D eigenvalue weighted by Gasteiger charge is -2.28. The highest BCUT2D eigenvalue weighted by Gasteiger charge is 2.23. The van der Waals surface area contributed by atoms with Gasteiger partial charge in [0.1, 0.15) is 0 Å². The van der Waals surface area contributed by atoms with E-state index in [2.05, 4.69) is 18.8 Å². The molecular formula is C9H16N2. The summed E-state index contributed by atoms with van der Waals surface area (Å²) >= 11 is 0. The first-order valence-electron chi connectivity index (χ1n) is 4.09. The Bertz CT molecular complexity index is 184. The Morgan fingerprint density at radius 1 is 1.64 bits per heavy atom. The fourth-order valence-electron chi connectivity index (χ4n) is 1.55. The first kappa shape index (κ1) is 8.47. The van der Waals surface area contributed by atoms with Crippen molar-refractivity contribution in [1.29, 1.82) is 5.41 Å². The third-order valence-electron chi connectivity index (χ3n) is 2.48. The minimum atomic E-state index is 0.480. The minimum absolute atomic E-state index is 0.480. The quantitative estimate of drug-likeness (QED) is 0.588. The molecule has 2 heteroatoms. The van der Waals surface area contributed by atoms with Crippen molar-refractivity contribution in [3.8, 4) is 0 Å². The van der Waals surface area contributed by atoms with Gasteiger partial charge < -0.3 is 10.7 Å². The summed E-state index contributed by atoms with van der Waals surface area (Å²) in [4.78, 5) is 0. The van der Waals surface area contributed by atoms with Gasteiger partial charge in [0.05, 0.1) is 0 Å². The summed E-state index contributed by atoms with van der Waals surface area (Å²) in [6.45, 7) is 6.03. The standard InChI is InChI=1S/C9H16N2/c1-6-4-8(11-3)5-9(10)7(6)2/h6,8,10-11H,2,4-5H2,1,3H3. The predicted molar refractivity (Wildman–Crippen MR) is 48.1 cm³/mol. The molecule has 0 aromatic heterocycles. The van der Waals surface area contributed by atoms with Crippen molar-refractivity contribution in [2.24, 2.45) is 5.92 Å². The van der Waals surface area contributed by atoms with Gasteiger partial charge >= 0.3 is 0 Å². The molecule has 2 N–H and O–H groups in total. The fraction of sp³-hybridized carbons (Fsp3) is 0.667. The van der Waals surface area contributed by atoms with Crippen LogP contribution in [0.15, 0.2) is 12.2 Å². The lowest BCUT2D eigenvalue weighted by atomic mass is 9.82. The molecule has 1 aliphatic rings. The Labute approximate surface area is 68.2 Å². The van der Waals surface area contributed by atoms with Gasteiger partial charge in [-0.15, -0.1) is 0 Å². The smallest absolute Gasteiger partial charge is 0.0358 e. The van der Waals surface area contributed by atoms with Crippen LogP contribution in [-0.4, -0.2) is 18.8 Å². The second-order valence-corrected chi connectivity index (χ2v) is 3.33. The molecule has 0 amide bonds. The third kappa shape index (κ3) is 1.69. The van der Waals surface area contributed by atoms with Crippen LogP contribution in [0.1, 0.15) is 19.8 Å². The highest BCUT2D eigenvalue weighted by Crippen LogP contribution is 2.24. The van der Waals surface area contributed by atoms with Gasteiger partial charge in [0.25, 0.3) is 0 Å². The summed E-state index contributed by atoms with van der Waals surface area (Å²) < 4.78 is 0. The predicted octanol–water partition coefficient (Wildman–Crippen LogP) is 1.58. The molecule has 0 radical (unpaired) electrons. The lowest BCUT2D eigenvalue weighted by Crippen LogP contribution is -2.35. The zero-order chi connectivity index (χ0) is 8.43. The molecule has 1 saturated carbocycles. The van der Waals surface area contributed by atoms with Gasteiger partial charge in [-0.3, -0.25) is 0 Å². The highest BCUT2D eigenvalue weighted by atomic mass is 14.9. The Hall–Kier alpha value is -0.630. The van der Waals surface area contributed by atoms with E-state index in [-0.39, 0.29) is 0 Å². The molecule has 0 aliphatic heterocycles. The molecule has 0 spiro atoms. The van der Waals surface area contributed by atoms with E-state index in [4.69, 9.17) is 5.41 Å². The molecule has 1 fully saturated rings. The zero-order valence-corrected chi connectivity index (χ0v) is 7.28. The molecule has 0 aromatic rings. The van der Waals surface area contributed by atoms with Crippen LogP contribution in [0.2, 0.25) is 0 Å². The van der Waals surface area contributed by atoms with Gasteiger partial charge in [0.15, 0.2) is 0 Å². The first-order valence-corrected chi connectivity index (χ1v) is 4.09. The van der Waals surface area contributed by atoms with Crippen LogP contribution in [0, 0.1) is 11.3 Å². The van der Waals surface area contributed by atoms with Crippen LogP contribution in [-0.2, 0) is 0 Å². The van der Waals surface area contributed by atoms with Crippen LogP contribution in [0.4, 0.5) is 0 Å². The number of allylic oxidation sites excluding steroid dienone is 1. The summed E-state index contributed by atoms with van der Waals surface area (Å²) in [7, 11) is 1.96. The molecule has 0 aromatic carbocycles. The van der Waals surface area contributed by atoms with E-state index in [0.717, 1.165) is 24.1 Å². The van der Waals surface area contributed by atoms with Crippen molar-refractivity contribution >= 4 is 5.71 Å². The van der Waals surface area contributed by atoms with Crippen LogP contribution in [0.5, 0.6) is 0 Å². The molecule has 62 valence electrons. The van der Waals surface area contributed by atoms with Gasteiger partial charge in [-0.2, -0.15) is 0 Å². The molecule has 1 rings (SSSR count). The Balaban J connectivity index is 2.62. The monoisotopic (exact) mass is 152 g/mol. The van der Waals surface area contributed by atoms with Crippen LogP contribution in [0.25, 0.3) is 0 Å². The fourth-order valence-corrected chi connectivity index (χ4v) is 1.55. The molecule has 2 atom stereocenters. The molecule has 1 aliphatic carbocycles. The average Bonchev–Trinajstić information content (AvgIpc) is 1.99. The van der Waals surface area contributed by atoms with E-state index in [9.17, 15) is 0 Å². The topological polar surface area (TPSA) is 35.9 Å². The van der Waals surface area contributed by atoms with Gasteiger partial charge in [0, 0.05) is 18.2 Å². The lowest BCUT2D eigenvalue weighted by molar-refractivity contribution is 0.451. The van der Waals surface area contributed by atoms with Gasteiger partial charge in [-0.05, 0) is 25.0 Å². The normalized spacial score (nSPS) is 32.5. The zero-order valence-electron chi connectivity index (χ0n) is 7.28. The summed E-state index contributed by atoms with van der Waals surface area (Å²) in [5.41, 5.74) is 1.75. The maximum Gasteiger partial charge on any atom is 0.0358 e. The Morgan fingerprint density at radius 2 is 2.27 bits per heavy atom. The van der Waals surface area contributed by atoms with Crippen molar-refractivity contribution in [1.82, 2.24) is 5.32 Å². The molecule has 0 heterocycles. The number of hydrogen-bond acceptors (Lipinski definition) is 2. The van der Waals surface area contributed by atoms with Crippen molar-refractivity contribution in [3.63, 3.8) is 0 Å². The number of hydrogen-bond donors (Lipinski definition) is 2. The molecule has 2 nitrogen and oxygen atoms in total. The van der Waals surface area contributed by atoms with E-state index >= 15 is 0 Å². The van der Waals surface area contributed by atoms with E-state index in [1.54, 1.807) is 0 Å². The average molecular weight is 152 g/mol. The molecule has 0 saturated heterocycles. The summed E-state index contributed by atoms with van der Waals surface area (Å²) in [6, 6.07) is 0.489. The van der Waals surface area contributed by atoms with E-state index in [1.165, 1.54) is 0 Å². The highest BCUT2D eigenvalue weighted by molar-refractivity contribution is 5.98. The molecular weight excluding hydrogens is 136 g/mol. The number of nitrogens with one attached hydrogen (secondary N) is 2. The van der Waals surface area contributed by atoms with E-state index in [0.29, 0.717) is 12.0 Å². The van der Waals surface area contributed by atoms with Crippen molar-refractivity contribution in [3.05, 3.63) is 12.2 Å². The van der Waals surface area contributed by atoms with Crippen molar-refractivity contribution in [2.45, 2.75) is 25.8 Å². The summed E-state index contributed by atoms with van der Waals surface area (Å²) in [5.74, 6) is 0.480. The molecule has 11 heavy (non-hydrogen) atoms. The van der Waals surface area contributed by atoms with Gasteiger partial charge in [-0.1, -0.05) is 13.5 Å². The maximum atomic E-state index is 7.62. The largest absolute Gasteiger partial charge is 0.317 e. The third-order valence-corrected chi connectivity index (χ3v) is 2.48. The van der Waals surface area contributed by atoms with Crippen LogP contribution < -0.4 is 5.32 Å². The van der Waals surface area contributed by atoms with E-state index in [1.807, 2.05) is 7.05 Å². The van der Waals surface area contributed by atoms with Crippen LogP contribution >= 0.6 is 0 Å². The number of rotatable bonds is 1. The molecule has 2 unspecified atom stereocenters. The Morgan fingerprint density at radius 3 is 2.73 bits per heavy atom.